The molecule has 0 saturated heterocycles. The zero-order valence-corrected chi connectivity index (χ0v) is 14.3. The molecular weight excluding hydrogens is 284 g/mol. The van der Waals surface area contributed by atoms with Gasteiger partial charge in [0.1, 0.15) is 0 Å². The quantitative estimate of drug-likeness (QED) is 0.581. The van der Waals surface area contributed by atoms with Gasteiger partial charge in [0, 0.05) is 4.83 Å². The van der Waals surface area contributed by atoms with Gasteiger partial charge in [0.2, 0.25) is 0 Å². The number of alkyl halides is 1. The van der Waals surface area contributed by atoms with Gasteiger partial charge in [-0.2, -0.15) is 0 Å². The molecule has 0 nitrogen and oxygen atoms in total. The van der Waals surface area contributed by atoms with Crippen LogP contribution in [0.4, 0.5) is 0 Å². The van der Waals surface area contributed by atoms with Gasteiger partial charge in [0.15, 0.2) is 0 Å². The van der Waals surface area contributed by atoms with Gasteiger partial charge in [0.05, 0.1) is 0 Å². The Hall–Kier alpha value is -0.300. The van der Waals surface area contributed by atoms with Gasteiger partial charge in [-0.05, 0) is 49.1 Å². The molecule has 0 aliphatic rings. The molecule has 1 heteroatoms. The Morgan fingerprint density at radius 2 is 1.78 bits per heavy atom. The largest absolute Gasteiger partial charge is 0.0839 e. The minimum absolute atomic E-state index is 0.424. The molecule has 1 aromatic carbocycles. The van der Waals surface area contributed by atoms with Gasteiger partial charge >= 0.3 is 0 Å². The molecule has 0 radical (unpaired) electrons. The molecule has 0 amide bonds. The summed E-state index contributed by atoms with van der Waals surface area (Å²) in [5.74, 6) is 0.745. The van der Waals surface area contributed by atoms with E-state index in [1.54, 1.807) is 0 Å². The van der Waals surface area contributed by atoms with E-state index in [9.17, 15) is 0 Å². The molecule has 18 heavy (non-hydrogen) atoms. The Kier molecular flexibility index (Phi) is 5.46. The van der Waals surface area contributed by atoms with Crippen LogP contribution in [0.1, 0.15) is 62.1 Å². The lowest BCUT2D eigenvalue weighted by Gasteiger charge is -2.25. The lowest BCUT2D eigenvalue weighted by molar-refractivity contribution is 0.296. The molecule has 0 aliphatic heterocycles. The average molecular weight is 311 g/mol. The SMILES string of the molecule is Cc1ccc(C)c(C(Br)CC(C)CC(C)(C)C)c1. The summed E-state index contributed by atoms with van der Waals surface area (Å²) in [6, 6.07) is 6.74. The predicted octanol–water partition coefficient (Wildman–Crippen LogP) is 6.20. The minimum Gasteiger partial charge on any atom is -0.0839 e. The summed E-state index contributed by atoms with van der Waals surface area (Å²) in [5, 5.41) is 0. The van der Waals surface area contributed by atoms with Crippen LogP contribution in [0.3, 0.4) is 0 Å². The summed E-state index contributed by atoms with van der Waals surface area (Å²) in [6.07, 6.45) is 2.49. The van der Waals surface area contributed by atoms with Gasteiger partial charge in [-0.25, -0.2) is 0 Å². The second-order valence-electron chi connectivity index (χ2n) is 6.93. The van der Waals surface area contributed by atoms with Crippen molar-refractivity contribution in [3.05, 3.63) is 34.9 Å². The summed E-state index contributed by atoms with van der Waals surface area (Å²) >= 11 is 3.88. The predicted molar refractivity (Wildman–Crippen MR) is 85.4 cm³/mol. The van der Waals surface area contributed by atoms with Crippen LogP contribution in [0.2, 0.25) is 0 Å². The fourth-order valence-electron chi connectivity index (χ4n) is 2.71. The second-order valence-corrected chi connectivity index (χ2v) is 8.04. The number of aryl methyl sites for hydroxylation is 2. The van der Waals surface area contributed by atoms with E-state index >= 15 is 0 Å². The van der Waals surface area contributed by atoms with Crippen LogP contribution < -0.4 is 0 Å². The lowest BCUT2D eigenvalue weighted by Crippen LogP contribution is -2.12. The molecule has 0 aromatic heterocycles. The van der Waals surface area contributed by atoms with Gasteiger partial charge in [0.25, 0.3) is 0 Å². The maximum atomic E-state index is 3.88. The van der Waals surface area contributed by atoms with E-state index in [0.717, 1.165) is 5.92 Å². The topological polar surface area (TPSA) is 0 Å². The van der Waals surface area contributed by atoms with Crippen molar-refractivity contribution in [2.75, 3.05) is 0 Å². The Labute approximate surface area is 121 Å². The third-order valence-corrected chi connectivity index (χ3v) is 4.21. The molecule has 0 heterocycles. The Morgan fingerprint density at radius 1 is 1.17 bits per heavy atom. The van der Waals surface area contributed by atoms with Crippen LogP contribution in [-0.4, -0.2) is 0 Å². The molecule has 2 unspecified atom stereocenters. The van der Waals surface area contributed by atoms with Crippen LogP contribution in [0.25, 0.3) is 0 Å². The Morgan fingerprint density at radius 3 is 2.33 bits per heavy atom. The molecule has 102 valence electrons. The number of hydrogen-bond donors (Lipinski definition) is 0. The molecule has 2 atom stereocenters. The van der Waals surface area contributed by atoms with E-state index in [1.807, 2.05) is 0 Å². The molecule has 0 aliphatic carbocycles. The number of rotatable bonds is 4. The first-order chi connectivity index (χ1) is 8.19. The highest BCUT2D eigenvalue weighted by Crippen LogP contribution is 2.36. The first-order valence-corrected chi connectivity index (χ1v) is 7.82. The monoisotopic (exact) mass is 310 g/mol. The first-order valence-electron chi connectivity index (χ1n) is 6.90. The number of halogens is 1. The second kappa shape index (κ2) is 6.23. The lowest BCUT2D eigenvalue weighted by atomic mass is 9.83. The van der Waals surface area contributed by atoms with Gasteiger partial charge in [-0.15, -0.1) is 0 Å². The molecule has 0 N–H and O–H groups in total. The van der Waals surface area contributed by atoms with Crippen molar-refractivity contribution in [1.29, 1.82) is 0 Å². The summed E-state index contributed by atoms with van der Waals surface area (Å²) < 4.78 is 0. The van der Waals surface area contributed by atoms with Crippen LogP contribution in [0.15, 0.2) is 18.2 Å². The normalized spacial score (nSPS) is 15.5. The Balaban J connectivity index is 2.70. The van der Waals surface area contributed by atoms with Gasteiger partial charge in [-0.1, -0.05) is 67.4 Å². The summed E-state index contributed by atoms with van der Waals surface area (Å²) in [4.78, 5) is 0.481. The van der Waals surface area contributed by atoms with Crippen molar-refractivity contribution in [1.82, 2.24) is 0 Å². The van der Waals surface area contributed by atoms with E-state index < -0.39 is 0 Å². The highest BCUT2D eigenvalue weighted by Gasteiger charge is 2.19. The molecule has 0 fully saturated rings. The van der Waals surface area contributed by atoms with Gasteiger partial charge in [-0.3, -0.25) is 0 Å². The zero-order valence-electron chi connectivity index (χ0n) is 12.7. The van der Waals surface area contributed by atoms with Crippen LogP contribution in [-0.2, 0) is 0 Å². The fourth-order valence-corrected chi connectivity index (χ4v) is 3.84. The number of hydrogen-bond acceptors (Lipinski definition) is 0. The Bertz CT molecular complexity index is 387. The average Bonchev–Trinajstić information content (AvgIpc) is 2.18. The summed E-state index contributed by atoms with van der Waals surface area (Å²) in [6.45, 7) is 13.7. The van der Waals surface area contributed by atoms with Crippen LogP contribution in [0, 0.1) is 25.2 Å². The highest BCUT2D eigenvalue weighted by molar-refractivity contribution is 9.09. The zero-order chi connectivity index (χ0) is 13.9. The van der Waals surface area contributed by atoms with E-state index in [2.05, 4.69) is 75.7 Å². The molecular formula is C17H27Br. The third-order valence-electron chi connectivity index (χ3n) is 3.34. The summed E-state index contributed by atoms with van der Waals surface area (Å²) in [5.41, 5.74) is 4.62. The first kappa shape index (κ1) is 15.8. The standard InChI is InChI=1S/C17H27Br/c1-12-7-8-14(3)15(9-12)16(18)10-13(2)11-17(4,5)6/h7-9,13,16H,10-11H2,1-6H3. The van der Waals surface area contributed by atoms with E-state index in [4.69, 9.17) is 0 Å². The maximum absolute atomic E-state index is 3.88. The van der Waals surface area contributed by atoms with E-state index in [0.29, 0.717) is 10.2 Å². The number of benzene rings is 1. The fraction of sp³-hybridized carbons (Fsp3) is 0.647. The van der Waals surface area contributed by atoms with Crippen molar-refractivity contribution in [2.24, 2.45) is 11.3 Å². The molecule has 0 saturated carbocycles. The smallest absolute Gasteiger partial charge is 0.0400 e. The van der Waals surface area contributed by atoms with Crippen molar-refractivity contribution in [2.45, 2.75) is 59.2 Å². The molecule has 1 aromatic rings. The third kappa shape index (κ3) is 5.14. The minimum atomic E-state index is 0.424. The van der Waals surface area contributed by atoms with Crippen molar-refractivity contribution in [3.63, 3.8) is 0 Å². The van der Waals surface area contributed by atoms with Crippen LogP contribution in [0.5, 0.6) is 0 Å². The maximum Gasteiger partial charge on any atom is 0.0400 e. The summed E-state index contributed by atoms with van der Waals surface area (Å²) in [7, 11) is 0. The highest BCUT2D eigenvalue weighted by atomic mass is 79.9. The van der Waals surface area contributed by atoms with Crippen LogP contribution >= 0.6 is 15.9 Å². The van der Waals surface area contributed by atoms with Crippen molar-refractivity contribution >= 4 is 15.9 Å². The van der Waals surface area contributed by atoms with Crippen molar-refractivity contribution < 1.29 is 0 Å². The molecule has 0 bridgehead atoms. The van der Waals surface area contributed by atoms with Crippen molar-refractivity contribution in [3.8, 4) is 0 Å². The van der Waals surface area contributed by atoms with E-state index in [-0.39, 0.29) is 0 Å². The van der Waals surface area contributed by atoms with Gasteiger partial charge < -0.3 is 0 Å². The van der Waals surface area contributed by atoms with E-state index in [1.165, 1.54) is 29.5 Å². The molecule has 0 spiro atoms. The molecule has 1 rings (SSSR count).